The van der Waals surface area contributed by atoms with Gasteiger partial charge in [0.15, 0.2) is 0 Å². The van der Waals surface area contributed by atoms with Crippen molar-refractivity contribution in [3.05, 3.63) is 68.5 Å². The summed E-state index contributed by atoms with van der Waals surface area (Å²) in [6.45, 7) is 4.35. The highest BCUT2D eigenvalue weighted by atomic mass is 16.2. The van der Waals surface area contributed by atoms with Gasteiger partial charge in [0.1, 0.15) is 6.54 Å². The molecule has 0 aliphatic heterocycles. The Hall–Kier alpha value is -2.67. The van der Waals surface area contributed by atoms with Crippen LogP contribution in [-0.2, 0) is 18.4 Å². The van der Waals surface area contributed by atoms with Gasteiger partial charge in [0, 0.05) is 31.9 Å². The van der Waals surface area contributed by atoms with Crippen LogP contribution in [0.2, 0.25) is 0 Å². The van der Waals surface area contributed by atoms with Crippen molar-refractivity contribution >= 4 is 5.91 Å². The molecule has 0 fully saturated rings. The van der Waals surface area contributed by atoms with Crippen molar-refractivity contribution in [1.82, 2.24) is 14.5 Å². The molecule has 25 heavy (non-hydrogen) atoms. The number of benzene rings is 1. The summed E-state index contributed by atoms with van der Waals surface area (Å²) in [5.74, 6) is 0.111. The van der Waals surface area contributed by atoms with Gasteiger partial charge < -0.3 is 11.1 Å². The minimum Gasteiger partial charge on any atom is -0.353 e. The zero-order valence-electron chi connectivity index (χ0n) is 14.7. The van der Waals surface area contributed by atoms with Crippen molar-refractivity contribution in [3.8, 4) is 0 Å². The fourth-order valence-corrected chi connectivity index (χ4v) is 2.42. The summed E-state index contributed by atoms with van der Waals surface area (Å²) in [6.07, 6.45) is 1.31. The molecule has 134 valence electrons. The molecule has 2 aromatic rings. The molecule has 0 saturated heterocycles. The van der Waals surface area contributed by atoms with Crippen LogP contribution in [0.15, 0.2) is 46.1 Å². The van der Waals surface area contributed by atoms with E-state index in [9.17, 15) is 14.4 Å². The van der Waals surface area contributed by atoms with Gasteiger partial charge in [-0.2, -0.15) is 0 Å². The molecule has 3 N–H and O–H groups in total. The maximum atomic E-state index is 12.0. The molecule has 0 aliphatic carbocycles. The number of amides is 1. The van der Waals surface area contributed by atoms with E-state index in [1.54, 1.807) is 0 Å². The predicted molar refractivity (Wildman–Crippen MR) is 96.4 cm³/mol. The van der Waals surface area contributed by atoms with Crippen molar-refractivity contribution in [1.29, 1.82) is 0 Å². The molecule has 2 rings (SSSR count). The molecule has 0 saturated carbocycles. The van der Waals surface area contributed by atoms with Gasteiger partial charge in [-0.1, -0.05) is 38.1 Å². The minimum atomic E-state index is -0.531. The number of hydrogen-bond donors (Lipinski definition) is 2. The topological polar surface area (TPSA) is 99.1 Å². The number of aromatic nitrogens is 2. The van der Waals surface area contributed by atoms with E-state index >= 15 is 0 Å². The van der Waals surface area contributed by atoms with Crippen LogP contribution in [-0.4, -0.2) is 21.6 Å². The number of hydrogen-bond acceptors (Lipinski definition) is 4. The van der Waals surface area contributed by atoms with E-state index < -0.39 is 11.2 Å². The zero-order valence-corrected chi connectivity index (χ0v) is 14.7. The molecule has 0 aliphatic rings. The van der Waals surface area contributed by atoms with Gasteiger partial charge in [0.25, 0.3) is 5.56 Å². The Kier molecular flexibility index (Phi) is 5.93. The number of carbonyl (C=O) groups excluding carboxylic acids is 1. The Morgan fingerprint density at radius 3 is 2.32 bits per heavy atom. The lowest BCUT2D eigenvalue weighted by molar-refractivity contribution is -0.121. The van der Waals surface area contributed by atoms with Crippen LogP contribution in [0.1, 0.15) is 36.9 Å². The third kappa shape index (κ3) is 4.67. The summed E-state index contributed by atoms with van der Waals surface area (Å²) in [7, 11) is 1.37. The standard InChI is InChI=1S/C18H24N4O3/c1-12(2)13-4-6-14(7-5-13)15(19)10-20-16(23)11-22-9-8-17(24)21(3)18(22)25/h4-9,12,15H,10-11,19H2,1-3H3,(H,20,23). The minimum absolute atomic E-state index is 0.161. The largest absolute Gasteiger partial charge is 0.353 e. The van der Waals surface area contributed by atoms with E-state index in [4.69, 9.17) is 5.73 Å². The first kappa shape index (κ1) is 18.7. The van der Waals surface area contributed by atoms with Gasteiger partial charge in [-0.3, -0.25) is 18.7 Å². The van der Waals surface area contributed by atoms with Crippen molar-refractivity contribution in [2.75, 3.05) is 6.54 Å². The highest BCUT2D eigenvalue weighted by Crippen LogP contribution is 2.17. The number of nitrogens with zero attached hydrogens (tertiary/aromatic N) is 2. The first-order valence-corrected chi connectivity index (χ1v) is 8.18. The second kappa shape index (κ2) is 7.94. The molecular weight excluding hydrogens is 320 g/mol. The van der Waals surface area contributed by atoms with Gasteiger partial charge in [-0.25, -0.2) is 4.79 Å². The van der Waals surface area contributed by atoms with Crippen molar-refractivity contribution < 1.29 is 4.79 Å². The van der Waals surface area contributed by atoms with E-state index in [0.717, 1.165) is 10.1 Å². The van der Waals surface area contributed by atoms with E-state index in [1.807, 2.05) is 24.3 Å². The van der Waals surface area contributed by atoms with E-state index in [2.05, 4.69) is 19.2 Å². The Morgan fingerprint density at radius 2 is 1.72 bits per heavy atom. The van der Waals surface area contributed by atoms with Crippen LogP contribution in [0.4, 0.5) is 0 Å². The summed E-state index contributed by atoms with van der Waals surface area (Å²) in [5.41, 5.74) is 7.33. The number of carbonyl (C=O) groups is 1. The average Bonchev–Trinajstić information content (AvgIpc) is 2.60. The summed E-state index contributed by atoms with van der Waals surface area (Å²) in [5, 5.41) is 2.72. The van der Waals surface area contributed by atoms with Gasteiger partial charge in [0.05, 0.1) is 0 Å². The molecule has 1 amide bonds. The number of rotatable bonds is 6. The van der Waals surface area contributed by atoms with Crippen LogP contribution < -0.4 is 22.3 Å². The van der Waals surface area contributed by atoms with E-state index in [0.29, 0.717) is 5.92 Å². The molecule has 7 nitrogen and oxygen atoms in total. The molecular formula is C18H24N4O3. The molecule has 1 aromatic carbocycles. The summed E-state index contributed by atoms with van der Waals surface area (Å²) in [4.78, 5) is 35.3. The van der Waals surface area contributed by atoms with Gasteiger partial charge in [0.2, 0.25) is 5.91 Å². The number of nitrogens with two attached hydrogens (primary N) is 1. The zero-order chi connectivity index (χ0) is 18.6. The summed E-state index contributed by atoms with van der Waals surface area (Å²) < 4.78 is 2.13. The molecule has 1 aromatic heterocycles. The highest BCUT2D eigenvalue weighted by molar-refractivity contribution is 5.75. The van der Waals surface area contributed by atoms with Crippen LogP contribution in [0.25, 0.3) is 0 Å². The lowest BCUT2D eigenvalue weighted by Crippen LogP contribution is -2.41. The maximum Gasteiger partial charge on any atom is 0.331 e. The molecule has 1 unspecified atom stereocenters. The lowest BCUT2D eigenvalue weighted by Gasteiger charge is -2.15. The highest BCUT2D eigenvalue weighted by Gasteiger charge is 2.11. The van der Waals surface area contributed by atoms with E-state index in [1.165, 1.54) is 29.4 Å². The molecule has 1 atom stereocenters. The molecule has 7 heteroatoms. The summed E-state index contributed by atoms with van der Waals surface area (Å²) in [6, 6.07) is 8.91. The monoisotopic (exact) mass is 344 g/mol. The second-order valence-electron chi connectivity index (χ2n) is 6.36. The third-order valence-electron chi connectivity index (χ3n) is 4.12. The average molecular weight is 344 g/mol. The fraction of sp³-hybridized carbons (Fsp3) is 0.389. The molecule has 0 bridgehead atoms. The van der Waals surface area contributed by atoms with Crippen molar-refractivity contribution in [2.24, 2.45) is 12.8 Å². The Bertz CT molecular complexity index is 850. The lowest BCUT2D eigenvalue weighted by atomic mass is 9.99. The number of nitrogens with one attached hydrogen (secondary N) is 1. The third-order valence-corrected chi connectivity index (χ3v) is 4.12. The van der Waals surface area contributed by atoms with Crippen LogP contribution in [0.5, 0.6) is 0 Å². The smallest absolute Gasteiger partial charge is 0.331 e. The fourth-order valence-electron chi connectivity index (χ4n) is 2.42. The normalized spacial score (nSPS) is 12.2. The maximum absolute atomic E-state index is 12.0. The van der Waals surface area contributed by atoms with Gasteiger partial charge in [-0.05, 0) is 17.0 Å². The Balaban J connectivity index is 1.94. The molecule has 0 radical (unpaired) electrons. The SMILES string of the molecule is CC(C)c1ccc(C(N)CNC(=O)Cn2ccc(=O)n(C)c2=O)cc1. The predicted octanol–water partition coefficient (Wildman–Crippen LogP) is 0.487. The van der Waals surface area contributed by atoms with E-state index in [-0.39, 0.29) is 25.0 Å². The van der Waals surface area contributed by atoms with Crippen LogP contribution in [0, 0.1) is 0 Å². The van der Waals surface area contributed by atoms with Gasteiger partial charge in [-0.15, -0.1) is 0 Å². The molecule has 0 spiro atoms. The first-order valence-electron chi connectivity index (χ1n) is 8.18. The van der Waals surface area contributed by atoms with Crippen molar-refractivity contribution in [3.63, 3.8) is 0 Å². The Labute approximate surface area is 146 Å². The Morgan fingerprint density at radius 1 is 1.12 bits per heavy atom. The van der Waals surface area contributed by atoms with Crippen molar-refractivity contribution in [2.45, 2.75) is 32.4 Å². The summed E-state index contributed by atoms with van der Waals surface area (Å²) >= 11 is 0. The van der Waals surface area contributed by atoms with Gasteiger partial charge >= 0.3 is 5.69 Å². The first-order chi connectivity index (χ1) is 11.8. The second-order valence-corrected chi connectivity index (χ2v) is 6.36. The quantitative estimate of drug-likeness (QED) is 0.796. The van der Waals surface area contributed by atoms with Crippen LogP contribution >= 0.6 is 0 Å². The molecule has 1 heterocycles. The van der Waals surface area contributed by atoms with Crippen LogP contribution in [0.3, 0.4) is 0 Å².